The first-order chi connectivity index (χ1) is 18.1. The number of piperazine rings is 1. The molecule has 2 heterocycles. The molecule has 8 nitrogen and oxygen atoms in total. The molecule has 11 heteroatoms. The maximum atomic E-state index is 13.2. The predicted molar refractivity (Wildman–Crippen MR) is 136 cm³/mol. The van der Waals surface area contributed by atoms with E-state index in [2.05, 4.69) is 10.2 Å². The van der Waals surface area contributed by atoms with E-state index in [-0.39, 0.29) is 11.6 Å². The van der Waals surface area contributed by atoms with E-state index in [1.165, 1.54) is 12.1 Å². The molecule has 1 N–H and O–H groups in total. The van der Waals surface area contributed by atoms with Crippen LogP contribution in [-0.2, 0) is 0 Å². The molecule has 0 bridgehead atoms. The first-order valence-corrected chi connectivity index (χ1v) is 12.2. The number of carbonyl (C=O) groups excluding carboxylic acids is 2. The summed E-state index contributed by atoms with van der Waals surface area (Å²) in [5.74, 6) is 0.274. The van der Waals surface area contributed by atoms with Crippen LogP contribution in [-0.4, -0.2) is 72.4 Å². The van der Waals surface area contributed by atoms with Gasteiger partial charge in [0.25, 0.3) is 11.8 Å². The number of alkyl halides is 3. The standard InChI is InChI=1S/C27H28F3N5O3/c1-3-38-21-6-4-5-19(16-21)22-8-7-20(15-18(22)2)26(37)35-13-11-34(12-14-35)24-10-9-23(32-33-24)25(36)31-17-27(28,29)30/h4-10,15-16H,3,11-14,17H2,1-2H3,(H,31,36). The third-order valence-corrected chi connectivity index (χ3v) is 6.15. The Hall–Kier alpha value is -4.15. The average molecular weight is 528 g/mol. The second kappa shape index (κ2) is 11.5. The van der Waals surface area contributed by atoms with Crippen LogP contribution in [0.15, 0.2) is 54.6 Å². The van der Waals surface area contributed by atoms with Crippen molar-refractivity contribution in [1.29, 1.82) is 0 Å². The van der Waals surface area contributed by atoms with E-state index in [9.17, 15) is 22.8 Å². The van der Waals surface area contributed by atoms with Crippen molar-refractivity contribution in [3.63, 3.8) is 0 Å². The van der Waals surface area contributed by atoms with Crippen LogP contribution < -0.4 is 15.0 Å². The molecule has 4 rings (SSSR count). The van der Waals surface area contributed by atoms with Gasteiger partial charge in [-0.25, -0.2) is 0 Å². The number of halogens is 3. The van der Waals surface area contributed by atoms with Gasteiger partial charge in [0.15, 0.2) is 11.5 Å². The molecule has 2 amide bonds. The number of aryl methyl sites for hydroxylation is 1. The van der Waals surface area contributed by atoms with Crippen molar-refractivity contribution in [3.05, 3.63) is 71.4 Å². The summed E-state index contributed by atoms with van der Waals surface area (Å²) in [7, 11) is 0. The van der Waals surface area contributed by atoms with Crippen molar-refractivity contribution < 1.29 is 27.5 Å². The van der Waals surface area contributed by atoms with E-state index in [1.54, 1.807) is 10.2 Å². The molecule has 0 unspecified atom stereocenters. The Morgan fingerprint density at radius 1 is 1.00 bits per heavy atom. The van der Waals surface area contributed by atoms with Crippen LogP contribution in [0, 0.1) is 6.92 Å². The Morgan fingerprint density at radius 3 is 2.39 bits per heavy atom. The summed E-state index contributed by atoms with van der Waals surface area (Å²) in [5.41, 5.74) is 3.44. The Bertz CT molecular complexity index is 1290. The summed E-state index contributed by atoms with van der Waals surface area (Å²) in [5, 5.41) is 9.51. The Morgan fingerprint density at radius 2 is 1.76 bits per heavy atom. The number of amides is 2. The van der Waals surface area contributed by atoms with Crippen molar-refractivity contribution in [1.82, 2.24) is 20.4 Å². The molecule has 200 valence electrons. The summed E-state index contributed by atoms with van der Waals surface area (Å²) in [6.45, 7) is 4.99. The Kier molecular flexibility index (Phi) is 8.13. The molecule has 1 aromatic heterocycles. The molecule has 0 atom stereocenters. The number of hydrogen-bond donors (Lipinski definition) is 1. The van der Waals surface area contributed by atoms with Crippen LogP contribution in [0.25, 0.3) is 11.1 Å². The lowest BCUT2D eigenvalue weighted by atomic mass is 9.98. The topological polar surface area (TPSA) is 87.7 Å². The molecular formula is C27H28F3N5O3. The molecule has 0 saturated carbocycles. The number of hydrogen-bond acceptors (Lipinski definition) is 6. The number of anilines is 1. The van der Waals surface area contributed by atoms with Crippen molar-refractivity contribution in [3.8, 4) is 16.9 Å². The van der Waals surface area contributed by atoms with E-state index in [4.69, 9.17) is 4.74 Å². The molecular weight excluding hydrogens is 499 g/mol. The minimum absolute atomic E-state index is 0.0647. The van der Waals surface area contributed by atoms with Gasteiger partial charge in [0.05, 0.1) is 6.61 Å². The first kappa shape index (κ1) is 26.9. The van der Waals surface area contributed by atoms with Gasteiger partial charge in [0.2, 0.25) is 0 Å². The summed E-state index contributed by atoms with van der Waals surface area (Å²) in [6, 6.07) is 16.4. The fraction of sp³-hybridized carbons (Fsp3) is 0.333. The van der Waals surface area contributed by atoms with E-state index < -0.39 is 18.6 Å². The maximum absolute atomic E-state index is 13.2. The Labute approximate surface area is 218 Å². The van der Waals surface area contributed by atoms with Crippen molar-refractivity contribution >= 4 is 17.6 Å². The quantitative estimate of drug-likeness (QED) is 0.498. The highest BCUT2D eigenvalue weighted by Crippen LogP contribution is 2.28. The minimum atomic E-state index is -4.50. The van der Waals surface area contributed by atoms with Gasteiger partial charge in [-0.1, -0.05) is 18.2 Å². The van der Waals surface area contributed by atoms with Gasteiger partial charge in [-0.15, -0.1) is 10.2 Å². The summed E-state index contributed by atoms with van der Waals surface area (Å²) < 4.78 is 42.5. The molecule has 1 saturated heterocycles. The van der Waals surface area contributed by atoms with Gasteiger partial charge >= 0.3 is 6.18 Å². The minimum Gasteiger partial charge on any atom is -0.494 e. The fourth-order valence-corrected chi connectivity index (χ4v) is 4.25. The largest absolute Gasteiger partial charge is 0.494 e. The SMILES string of the molecule is CCOc1cccc(-c2ccc(C(=O)N3CCN(c4ccc(C(=O)NCC(F)(F)F)nn4)CC3)cc2C)c1. The second-order valence-corrected chi connectivity index (χ2v) is 8.84. The fourth-order valence-electron chi connectivity index (χ4n) is 4.25. The monoisotopic (exact) mass is 527 g/mol. The number of benzene rings is 2. The van der Waals surface area contributed by atoms with E-state index in [0.717, 1.165) is 22.4 Å². The average Bonchev–Trinajstić information content (AvgIpc) is 2.91. The third-order valence-electron chi connectivity index (χ3n) is 6.15. The van der Waals surface area contributed by atoms with Crippen LogP contribution in [0.5, 0.6) is 5.75 Å². The predicted octanol–water partition coefficient (Wildman–Crippen LogP) is 4.11. The number of aromatic nitrogens is 2. The van der Waals surface area contributed by atoms with Crippen LogP contribution >= 0.6 is 0 Å². The summed E-state index contributed by atoms with van der Waals surface area (Å²) >= 11 is 0. The highest BCUT2D eigenvalue weighted by Gasteiger charge is 2.28. The van der Waals surface area contributed by atoms with Gasteiger partial charge in [0.1, 0.15) is 12.3 Å². The number of rotatable bonds is 7. The number of carbonyl (C=O) groups is 2. The van der Waals surface area contributed by atoms with Crippen LogP contribution in [0.3, 0.4) is 0 Å². The number of nitrogens with one attached hydrogen (secondary N) is 1. The van der Waals surface area contributed by atoms with Crippen LogP contribution in [0.4, 0.5) is 19.0 Å². The molecule has 0 radical (unpaired) electrons. The van der Waals surface area contributed by atoms with Gasteiger partial charge in [-0.05, 0) is 66.9 Å². The molecule has 38 heavy (non-hydrogen) atoms. The normalized spacial score (nSPS) is 13.8. The smallest absolute Gasteiger partial charge is 0.405 e. The van der Waals surface area contributed by atoms with Gasteiger partial charge in [-0.3, -0.25) is 9.59 Å². The zero-order valence-corrected chi connectivity index (χ0v) is 21.1. The van der Waals surface area contributed by atoms with Gasteiger partial charge in [-0.2, -0.15) is 13.2 Å². The molecule has 1 fully saturated rings. The van der Waals surface area contributed by atoms with Crippen LogP contribution in [0.2, 0.25) is 0 Å². The second-order valence-electron chi connectivity index (χ2n) is 8.84. The number of nitrogens with zero attached hydrogens (tertiary/aromatic N) is 4. The maximum Gasteiger partial charge on any atom is 0.405 e. The molecule has 1 aliphatic heterocycles. The molecule has 2 aromatic carbocycles. The third kappa shape index (κ3) is 6.58. The lowest BCUT2D eigenvalue weighted by molar-refractivity contribution is -0.123. The highest BCUT2D eigenvalue weighted by molar-refractivity contribution is 5.95. The van der Waals surface area contributed by atoms with Crippen molar-refractivity contribution in [2.45, 2.75) is 20.0 Å². The lowest BCUT2D eigenvalue weighted by Gasteiger charge is -2.35. The van der Waals surface area contributed by atoms with Crippen molar-refractivity contribution in [2.75, 3.05) is 44.2 Å². The van der Waals surface area contributed by atoms with E-state index in [0.29, 0.717) is 44.2 Å². The number of ether oxygens (including phenoxy) is 1. The van der Waals surface area contributed by atoms with E-state index >= 15 is 0 Å². The Balaban J connectivity index is 1.35. The zero-order chi connectivity index (χ0) is 27.3. The molecule has 0 spiro atoms. The molecule has 3 aromatic rings. The van der Waals surface area contributed by atoms with Crippen LogP contribution in [0.1, 0.15) is 33.3 Å². The zero-order valence-electron chi connectivity index (χ0n) is 21.1. The van der Waals surface area contributed by atoms with Crippen molar-refractivity contribution in [2.24, 2.45) is 0 Å². The lowest BCUT2D eigenvalue weighted by Crippen LogP contribution is -2.49. The van der Waals surface area contributed by atoms with E-state index in [1.807, 2.05) is 61.2 Å². The van der Waals surface area contributed by atoms with Gasteiger partial charge < -0.3 is 19.9 Å². The highest BCUT2D eigenvalue weighted by atomic mass is 19.4. The molecule has 0 aliphatic carbocycles. The first-order valence-electron chi connectivity index (χ1n) is 12.2. The summed E-state index contributed by atoms with van der Waals surface area (Å²) in [4.78, 5) is 28.7. The summed E-state index contributed by atoms with van der Waals surface area (Å²) in [6.07, 6.45) is -4.50. The van der Waals surface area contributed by atoms with Gasteiger partial charge in [0, 0.05) is 31.7 Å². The molecule has 1 aliphatic rings.